The van der Waals surface area contributed by atoms with Crippen molar-refractivity contribution in [2.24, 2.45) is 16.7 Å². The van der Waals surface area contributed by atoms with E-state index in [9.17, 15) is 0 Å². The van der Waals surface area contributed by atoms with E-state index in [-0.39, 0.29) is 0 Å². The molecule has 1 rings (SSSR count). The van der Waals surface area contributed by atoms with Gasteiger partial charge < -0.3 is 0 Å². The highest BCUT2D eigenvalue weighted by atomic mass is 31.1. The van der Waals surface area contributed by atoms with E-state index >= 15 is 0 Å². The zero-order valence-electron chi connectivity index (χ0n) is 20.8. The molecular weight excluding hydrogens is 359 g/mol. The number of hydrogen-bond donors (Lipinski definition) is 0. The number of unbranched alkanes of at least 4 members (excludes halogenated alkanes) is 1. The summed E-state index contributed by atoms with van der Waals surface area (Å²) in [6.07, 6.45) is 17.0. The summed E-state index contributed by atoms with van der Waals surface area (Å²) < 4.78 is 5.41. The molecule has 0 saturated heterocycles. The molecule has 2 unspecified atom stereocenters. The van der Waals surface area contributed by atoms with Crippen LogP contribution in [-0.4, -0.2) is 36.0 Å². The third-order valence-corrected chi connectivity index (χ3v) is 7.80. The minimum Gasteiger partial charge on any atom is -0.171 e. The number of rotatable bonds is 12. The van der Waals surface area contributed by atoms with Gasteiger partial charge in [0.2, 0.25) is 0 Å². The molecule has 28 heavy (non-hydrogen) atoms. The summed E-state index contributed by atoms with van der Waals surface area (Å²) in [5.41, 5.74) is 0.973. The fourth-order valence-corrected chi connectivity index (χ4v) is 6.19. The van der Waals surface area contributed by atoms with E-state index in [0.29, 0.717) is 19.7 Å². The SMILES string of the molecule is CN(CC(CCCCC(C)(C)C)CCCC(C)(C)C)[PH2+]N(C)C1CCCCC1. The van der Waals surface area contributed by atoms with E-state index in [1.54, 1.807) is 0 Å². The largest absolute Gasteiger partial charge is 0.171 e. The molecule has 168 valence electrons. The Morgan fingerprint density at radius 1 is 0.786 bits per heavy atom. The van der Waals surface area contributed by atoms with E-state index < -0.39 is 0 Å². The molecule has 0 bridgehead atoms. The van der Waals surface area contributed by atoms with Crippen LogP contribution >= 0.6 is 8.88 Å². The molecular formula is C25H54N2P+. The fourth-order valence-electron chi connectivity index (χ4n) is 4.68. The standard InChI is InChI=1S/C25H53N2P/c1-24(2,3)19-13-12-15-22(16-14-20-25(4,5)6)21-26(7)28-27(8)23-17-10-9-11-18-23/h22-23,28H,9-21H2,1-8H3/p+1. The van der Waals surface area contributed by atoms with Gasteiger partial charge in [-0.05, 0) is 55.3 Å². The second kappa shape index (κ2) is 12.9. The van der Waals surface area contributed by atoms with E-state index in [4.69, 9.17) is 0 Å². The van der Waals surface area contributed by atoms with Gasteiger partial charge in [0.05, 0.1) is 0 Å². The molecule has 0 heterocycles. The summed E-state index contributed by atoms with van der Waals surface area (Å²) in [5.74, 6) is 0.888. The molecule has 2 nitrogen and oxygen atoms in total. The Labute approximate surface area is 180 Å². The van der Waals surface area contributed by atoms with E-state index in [2.05, 4.69) is 65.0 Å². The predicted molar refractivity (Wildman–Crippen MR) is 132 cm³/mol. The maximum atomic E-state index is 2.71. The normalized spacial score (nSPS) is 18.6. The molecule has 0 N–H and O–H groups in total. The van der Waals surface area contributed by atoms with E-state index in [0.717, 1.165) is 12.0 Å². The summed E-state index contributed by atoms with van der Waals surface area (Å²) in [7, 11) is 5.08. The molecule has 0 aliphatic heterocycles. The Kier molecular flexibility index (Phi) is 12.2. The molecule has 1 saturated carbocycles. The fraction of sp³-hybridized carbons (Fsp3) is 1.00. The van der Waals surface area contributed by atoms with Crippen LogP contribution in [0.15, 0.2) is 0 Å². The second-order valence-electron chi connectivity index (χ2n) is 12.1. The molecule has 0 amide bonds. The predicted octanol–water partition coefficient (Wildman–Crippen LogP) is 7.86. The zero-order chi connectivity index (χ0) is 21.2. The van der Waals surface area contributed by atoms with Gasteiger partial charge in [-0.15, -0.1) is 0 Å². The maximum absolute atomic E-state index is 2.71. The Hall–Kier alpha value is 0.350. The van der Waals surface area contributed by atoms with Crippen LogP contribution in [0.25, 0.3) is 0 Å². The van der Waals surface area contributed by atoms with Gasteiger partial charge in [0.1, 0.15) is 8.88 Å². The average Bonchev–Trinajstić information content (AvgIpc) is 2.57. The van der Waals surface area contributed by atoms with Crippen molar-refractivity contribution >= 4 is 8.88 Å². The van der Waals surface area contributed by atoms with Crippen molar-refractivity contribution in [3.63, 3.8) is 0 Å². The first kappa shape index (κ1) is 26.4. The van der Waals surface area contributed by atoms with Crippen molar-refractivity contribution in [1.82, 2.24) is 9.34 Å². The lowest BCUT2D eigenvalue weighted by Gasteiger charge is -2.30. The molecule has 0 aromatic rings. The van der Waals surface area contributed by atoms with Crippen molar-refractivity contribution in [1.29, 1.82) is 0 Å². The minimum absolute atomic E-state index is 0.299. The number of hydrogen-bond acceptors (Lipinski definition) is 2. The molecule has 1 aliphatic rings. The molecule has 3 heteroatoms. The lowest BCUT2D eigenvalue weighted by molar-refractivity contribution is 0.273. The average molecular weight is 414 g/mol. The monoisotopic (exact) mass is 413 g/mol. The van der Waals surface area contributed by atoms with Crippen LogP contribution in [0.2, 0.25) is 0 Å². The highest BCUT2D eigenvalue weighted by Crippen LogP contribution is 2.33. The quantitative estimate of drug-likeness (QED) is 0.237. The van der Waals surface area contributed by atoms with Crippen LogP contribution in [0.4, 0.5) is 0 Å². The summed E-state index contributed by atoms with van der Waals surface area (Å²) >= 11 is 0. The van der Waals surface area contributed by atoms with Crippen molar-refractivity contribution < 1.29 is 0 Å². The van der Waals surface area contributed by atoms with Gasteiger partial charge in [-0.25, -0.2) is 0 Å². The van der Waals surface area contributed by atoms with E-state index in [1.165, 1.54) is 83.6 Å². The second-order valence-corrected chi connectivity index (χ2v) is 14.1. The van der Waals surface area contributed by atoms with Gasteiger partial charge >= 0.3 is 0 Å². The number of nitrogens with zero attached hydrogens (tertiary/aromatic N) is 2. The summed E-state index contributed by atoms with van der Waals surface area (Å²) in [5, 5.41) is 0. The van der Waals surface area contributed by atoms with Crippen LogP contribution in [0.1, 0.15) is 119 Å². The Balaban J connectivity index is 2.44. The molecule has 0 radical (unpaired) electrons. The minimum atomic E-state index is 0.299. The highest BCUT2D eigenvalue weighted by molar-refractivity contribution is 7.32. The van der Waals surface area contributed by atoms with Crippen LogP contribution in [0.5, 0.6) is 0 Å². The molecule has 0 spiro atoms. The maximum Gasteiger partial charge on any atom is 0.126 e. The van der Waals surface area contributed by atoms with Crippen LogP contribution < -0.4 is 0 Å². The van der Waals surface area contributed by atoms with Crippen molar-refractivity contribution in [2.75, 3.05) is 20.6 Å². The summed E-state index contributed by atoms with van der Waals surface area (Å²) in [6.45, 7) is 15.6. The Morgan fingerprint density at radius 2 is 1.32 bits per heavy atom. The molecule has 0 aromatic carbocycles. The molecule has 1 fully saturated rings. The lowest BCUT2D eigenvalue weighted by Crippen LogP contribution is -2.31. The van der Waals surface area contributed by atoms with Crippen LogP contribution in [0, 0.1) is 16.7 Å². The summed E-state index contributed by atoms with van der Waals surface area (Å²) in [4.78, 5) is 0. The third-order valence-electron chi connectivity index (χ3n) is 6.40. The van der Waals surface area contributed by atoms with Gasteiger partial charge in [0, 0.05) is 26.7 Å². The Morgan fingerprint density at radius 3 is 1.89 bits per heavy atom. The van der Waals surface area contributed by atoms with Crippen LogP contribution in [0.3, 0.4) is 0 Å². The third kappa shape index (κ3) is 13.6. The van der Waals surface area contributed by atoms with E-state index in [1.807, 2.05) is 0 Å². The molecule has 0 aromatic heterocycles. The smallest absolute Gasteiger partial charge is 0.126 e. The van der Waals surface area contributed by atoms with Gasteiger partial charge in [0.25, 0.3) is 0 Å². The highest BCUT2D eigenvalue weighted by Gasteiger charge is 2.24. The first-order valence-corrected chi connectivity index (χ1v) is 13.3. The van der Waals surface area contributed by atoms with Gasteiger partial charge in [-0.1, -0.05) is 80.1 Å². The van der Waals surface area contributed by atoms with Crippen molar-refractivity contribution in [3.05, 3.63) is 0 Å². The lowest BCUT2D eigenvalue weighted by atomic mass is 9.85. The van der Waals surface area contributed by atoms with Gasteiger partial charge in [0.15, 0.2) is 0 Å². The van der Waals surface area contributed by atoms with Crippen molar-refractivity contribution in [2.45, 2.75) is 125 Å². The topological polar surface area (TPSA) is 6.48 Å². The van der Waals surface area contributed by atoms with Crippen molar-refractivity contribution in [3.8, 4) is 0 Å². The zero-order valence-corrected chi connectivity index (χ0v) is 22.0. The first-order valence-electron chi connectivity index (χ1n) is 12.2. The van der Waals surface area contributed by atoms with Crippen LogP contribution in [-0.2, 0) is 0 Å². The molecule has 1 aliphatic carbocycles. The van der Waals surface area contributed by atoms with Gasteiger partial charge in [-0.2, -0.15) is 9.34 Å². The Bertz CT molecular complexity index is 390. The summed E-state index contributed by atoms with van der Waals surface area (Å²) in [6, 6.07) is 0.859. The first-order chi connectivity index (χ1) is 13.0. The molecule has 2 atom stereocenters. The van der Waals surface area contributed by atoms with Gasteiger partial charge in [-0.3, -0.25) is 0 Å².